The largest absolute Gasteiger partial charge is 0.462 e. The Bertz CT molecular complexity index is 1170. The number of hydrogen-bond donors (Lipinski definition) is 1. The molecule has 29 heavy (non-hydrogen) atoms. The number of hydrogen-bond acceptors (Lipinski definition) is 5. The van der Waals surface area contributed by atoms with E-state index in [-0.39, 0.29) is 0 Å². The molecule has 1 heterocycles. The minimum absolute atomic E-state index is 0.291. The first-order chi connectivity index (χ1) is 14.3. The lowest BCUT2D eigenvalue weighted by Crippen LogP contribution is -2.23. The maximum atomic E-state index is 12.4. The zero-order valence-electron chi connectivity index (χ0n) is 15.8. The predicted octanol–water partition coefficient (Wildman–Crippen LogP) is 4.26. The minimum Gasteiger partial charge on any atom is -0.462 e. The predicted molar refractivity (Wildman–Crippen MR) is 112 cm³/mol. The van der Waals surface area contributed by atoms with Crippen LogP contribution in [0.3, 0.4) is 0 Å². The number of esters is 1. The van der Waals surface area contributed by atoms with Crippen LogP contribution in [0.2, 0.25) is 0 Å². The second-order valence-electron chi connectivity index (χ2n) is 6.15. The van der Waals surface area contributed by atoms with Gasteiger partial charge in [-0.1, -0.05) is 47.7 Å². The molecule has 0 unspecified atom stereocenters. The molecule has 1 N–H and O–H groups in total. The average molecular weight is 385 g/mol. The Kier molecular flexibility index (Phi) is 5.29. The Morgan fingerprint density at radius 3 is 2.55 bits per heavy atom. The monoisotopic (exact) mass is 385 g/mol. The van der Waals surface area contributed by atoms with Crippen LogP contribution < -0.4 is 5.32 Å². The molecule has 144 valence electrons. The van der Waals surface area contributed by atoms with E-state index in [2.05, 4.69) is 15.6 Å². The van der Waals surface area contributed by atoms with Crippen molar-refractivity contribution in [2.24, 2.45) is 4.99 Å². The number of rotatable bonds is 4. The third-order valence-corrected chi connectivity index (χ3v) is 4.21. The summed E-state index contributed by atoms with van der Waals surface area (Å²) < 4.78 is 6.78. The quantitative estimate of drug-likeness (QED) is 0.323. The van der Waals surface area contributed by atoms with Gasteiger partial charge in [-0.15, -0.1) is 5.10 Å². The number of ether oxygens (including phenoxy) is 1. The van der Waals surface area contributed by atoms with Gasteiger partial charge in [-0.25, -0.2) is 9.79 Å². The minimum atomic E-state index is -0.422. The number of nitrogens with one attached hydrogen (secondary N) is 1. The molecule has 0 amide bonds. The Labute approximate surface area is 167 Å². The number of benzene rings is 3. The zero-order valence-corrected chi connectivity index (χ0v) is 15.8. The topological polar surface area (TPSA) is 81.4 Å². The summed E-state index contributed by atoms with van der Waals surface area (Å²) in [5.74, 6) is -0.00370. The standard InChI is InChI=1S/C22H19N5O2/c1-2-29-21(28)17-12-6-7-13-18(17)24-22(23-16-10-4-3-5-11-16)27-20-15-9-8-14-19(20)25-26-27/h3-15H,2H2,1H3,(H,23,24). The maximum absolute atomic E-state index is 12.4. The number of aliphatic imine (C=N–C) groups is 1. The van der Waals surface area contributed by atoms with Gasteiger partial charge in [0, 0.05) is 5.69 Å². The fourth-order valence-electron chi connectivity index (χ4n) is 2.87. The van der Waals surface area contributed by atoms with E-state index in [0.29, 0.717) is 23.8 Å². The van der Waals surface area contributed by atoms with Crippen molar-refractivity contribution >= 4 is 34.3 Å². The number of para-hydroxylation sites is 3. The number of nitrogens with zero attached hydrogens (tertiary/aromatic N) is 4. The molecule has 0 aliphatic rings. The number of anilines is 1. The molecule has 0 aliphatic carbocycles. The number of fused-ring (bicyclic) bond motifs is 1. The summed E-state index contributed by atoms with van der Waals surface area (Å²) in [6.07, 6.45) is 0. The fraction of sp³-hybridized carbons (Fsp3) is 0.0909. The van der Waals surface area contributed by atoms with Crippen LogP contribution in [0.5, 0.6) is 0 Å². The highest BCUT2D eigenvalue weighted by molar-refractivity contribution is 6.03. The molecule has 7 nitrogen and oxygen atoms in total. The van der Waals surface area contributed by atoms with Gasteiger partial charge >= 0.3 is 5.97 Å². The van der Waals surface area contributed by atoms with Crippen molar-refractivity contribution in [2.45, 2.75) is 6.92 Å². The molecule has 7 heteroatoms. The summed E-state index contributed by atoms with van der Waals surface area (Å²) in [4.78, 5) is 17.1. The van der Waals surface area contributed by atoms with E-state index in [0.717, 1.165) is 16.7 Å². The second-order valence-corrected chi connectivity index (χ2v) is 6.15. The van der Waals surface area contributed by atoms with E-state index in [1.165, 1.54) is 0 Å². The molecule has 0 bridgehead atoms. The van der Waals surface area contributed by atoms with Crippen LogP contribution >= 0.6 is 0 Å². The molecular formula is C22H19N5O2. The van der Waals surface area contributed by atoms with Gasteiger partial charge in [0.1, 0.15) is 5.52 Å². The molecule has 1 aromatic heterocycles. The highest BCUT2D eigenvalue weighted by Crippen LogP contribution is 2.22. The SMILES string of the molecule is CCOC(=O)c1ccccc1N=C(Nc1ccccc1)n1nnc2ccccc21. The first kappa shape index (κ1) is 18.4. The summed E-state index contributed by atoms with van der Waals surface area (Å²) in [7, 11) is 0. The summed E-state index contributed by atoms with van der Waals surface area (Å²) in [6.45, 7) is 2.06. The van der Waals surface area contributed by atoms with Crippen LogP contribution in [0, 0.1) is 0 Å². The first-order valence-corrected chi connectivity index (χ1v) is 9.24. The van der Waals surface area contributed by atoms with Gasteiger partial charge < -0.3 is 10.1 Å². The average Bonchev–Trinajstić information content (AvgIpc) is 3.19. The summed E-state index contributed by atoms with van der Waals surface area (Å²) in [5.41, 5.74) is 3.23. The molecule has 4 rings (SSSR count). The van der Waals surface area contributed by atoms with E-state index >= 15 is 0 Å². The van der Waals surface area contributed by atoms with Crippen molar-refractivity contribution < 1.29 is 9.53 Å². The highest BCUT2D eigenvalue weighted by atomic mass is 16.5. The van der Waals surface area contributed by atoms with E-state index in [1.807, 2.05) is 60.7 Å². The smallest absolute Gasteiger partial charge is 0.340 e. The van der Waals surface area contributed by atoms with Gasteiger partial charge in [0.05, 0.1) is 23.4 Å². The van der Waals surface area contributed by atoms with Gasteiger partial charge in [-0.2, -0.15) is 4.68 Å². The van der Waals surface area contributed by atoms with Crippen molar-refractivity contribution in [3.8, 4) is 0 Å². The molecule has 0 saturated carbocycles. The molecule has 3 aromatic carbocycles. The first-order valence-electron chi connectivity index (χ1n) is 9.24. The van der Waals surface area contributed by atoms with Gasteiger partial charge in [0.15, 0.2) is 0 Å². The summed E-state index contributed by atoms with van der Waals surface area (Å²) in [5, 5.41) is 11.7. The number of carbonyl (C=O) groups excluding carboxylic acids is 1. The van der Waals surface area contributed by atoms with Crippen LogP contribution in [0.1, 0.15) is 17.3 Å². The van der Waals surface area contributed by atoms with Crippen molar-refractivity contribution in [3.63, 3.8) is 0 Å². The Hall–Kier alpha value is -4.00. The molecule has 0 radical (unpaired) electrons. The molecule has 0 spiro atoms. The van der Waals surface area contributed by atoms with Crippen LogP contribution in [0.25, 0.3) is 11.0 Å². The number of aromatic nitrogens is 3. The van der Waals surface area contributed by atoms with Crippen molar-refractivity contribution in [1.29, 1.82) is 0 Å². The lowest BCUT2D eigenvalue weighted by molar-refractivity contribution is 0.0527. The lowest BCUT2D eigenvalue weighted by atomic mass is 10.2. The molecule has 0 aliphatic heterocycles. The second kappa shape index (κ2) is 8.35. The van der Waals surface area contributed by atoms with Gasteiger partial charge in [-0.3, -0.25) is 0 Å². The van der Waals surface area contributed by atoms with Gasteiger partial charge in [0.25, 0.3) is 0 Å². The van der Waals surface area contributed by atoms with E-state index < -0.39 is 5.97 Å². The van der Waals surface area contributed by atoms with E-state index in [9.17, 15) is 4.79 Å². The molecular weight excluding hydrogens is 366 g/mol. The molecule has 0 fully saturated rings. The van der Waals surface area contributed by atoms with Crippen molar-refractivity contribution in [1.82, 2.24) is 15.0 Å². The molecule has 0 atom stereocenters. The summed E-state index contributed by atoms with van der Waals surface area (Å²) in [6, 6.07) is 24.3. The zero-order chi connectivity index (χ0) is 20.1. The van der Waals surface area contributed by atoms with Crippen LogP contribution in [-0.2, 0) is 4.74 Å². The molecule has 4 aromatic rings. The highest BCUT2D eigenvalue weighted by Gasteiger charge is 2.15. The van der Waals surface area contributed by atoms with Crippen LogP contribution in [0.4, 0.5) is 11.4 Å². The fourth-order valence-corrected chi connectivity index (χ4v) is 2.87. The van der Waals surface area contributed by atoms with E-state index in [1.54, 1.807) is 29.8 Å². The third-order valence-electron chi connectivity index (χ3n) is 4.21. The lowest BCUT2D eigenvalue weighted by Gasteiger charge is -2.12. The van der Waals surface area contributed by atoms with Crippen molar-refractivity contribution in [3.05, 3.63) is 84.4 Å². The van der Waals surface area contributed by atoms with Crippen LogP contribution in [-0.4, -0.2) is 33.5 Å². The normalized spacial score (nSPS) is 11.4. The number of carbonyl (C=O) groups is 1. The van der Waals surface area contributed by atoms with Crippen molar-refractivity contribution in [2.75, 3.05) is 11.9 Å². The van der Waals surface area contributed by atoms with Gasteiger partial charge in [0.2, 0.25) is 5.96 Å². The third kappa shape index (κ3) is 3.98. The Morgan fingerprint density at radius 2 is 1.72 bits per heavy atom. The Morgan fingerprint density at radius 1 is 1.00 bits per heavy atom. The van der Waals surface area contributed by atoms with E-state index in [4.69, 9.17) is 9.73 Å². The van der Waals surface area contributed by atoms with Crippen LogP contribution in [0.15, 0.2) is 83.9 Å². The maximum Gasteiger partial charge on any atom is 0.340 e. The Balaban J connectivity index is 1.84. The molecule has 0 saturated heterocycles. The summed E-state index contributed by atoms with van der Waals surface area (Å²) >= 11 is 0. The van der Waals surface area contributed by atoms with Gasteiger partial charge in [-0.05, 0) is 43.3 Å².